The second-order valence-electron chi connectivity index (χ2n) is 3.88. The van der Waals surface area contributed by atoms with Crippen molar-refractivity contribution in [2.24, 2.45) is 0 Å². The molecule has 0 aliphatic carbocycles. The fraction of sp³-hybridized carbons (Fsp3) is 0.889. The predicted molar refractivity (Wildman–Crippen MR) is 51.1 cm³/mol. The minimum absolute atomic E-state index is 0.0612. The molecule has 3 heteroatoms. The Morgan fingerprint density at radius 2 is 1.92 bits per heavy atom. The van der Waals surface area contributed by atoms with Crippen molar-refractivity contribution in [3.05, 3.63) is 0 Å². The molecule has 0 aromatic carbocycles. The molecule has 0 saturated heterocycles. The Hall–Kier alpha value is -0.570. The smallest absolute Gasteiger partial charge is 0.236 e. The summed E-state index contributed by atoms with van der Waals surface area (Å²) in [7, 11) is 3.53. The average molecular weight is 172 g/mol. The fourth-order valence-electron chi connectivity index (χ4n) is 0.598. The molecule has 0 atom stereocenters. The van der Waals surface area contributed by atoms with E-state index in [4.69, 9.17) is 0 Å². The molecule has 1 amide bonds. The van der Waals surface area contributed by atoms with Crippen LogP contribution in [0.2, 0.25) is 0 Å². The van der Waals surface area contributed by atoms with Gasteiger partial charge in [-0.15, -0.1) is 0 Å². The zero-order valence-corrected chi connectivity index (χ0v) is 8.77. The summed E-state index contributed by atoms with van der Waals surface area (Å²) < 4.78 is 0. The zero-order valence-electron chi connectivity index (χ0n) is 8.77. The third-order valence-electron chi connectivity index (χ3n) is 2.10. The number of carbonyl (C=O) groups is 1. The molecule has 72 valence electrons. The number of amides is 1. The van der Waals surface area contributed by atoms with Gasteiger partial charge < -0.3 is 10.2 Å². The maximum Gasteiger partial charge on any atom is 0.236 e. The maximum absolute atomic E-state index is 11.2. The Labute approximate surface area is 75.1 Å². The van der Waals surface area contributed by atoms with Gasteiger partial charge in [0, 0.05) is 19.6 Å². The molecule has 0 aliphatic rings. The average Bonchev–Trinajstić information content (AvgIpc) is 2.00. The molecular weight excluding hydrogens is 152 g/mol. The van der Waals surface area contributed by atoms with E-state index in [-0.39, 0.29) is 11.4 Å². The summed E-state index contributed by atoms with van der Waals surface area (Å²) in [5, 5.41) is 3.20. The Morgan fingerprint density at radius 1 is 1.42 bits per heavy atom. The molecule has 0 fully saturated rings. The van der Waals surface area contributed by atoms with E-state index in [1.807, 2.05) is 0 Å². The molecule has 0 aromatic rings. The first kappa shape index (κ1) is 11.4. The number of hydrogen-bond acceptors (Lipinski definition) is 2. The van der Waals surface area contributed by atoms with Gasteiger partial charge in [0.2, 0.25) is 5.91 Å². The summed E-state index contributed by atoms with van der Waals surface area (Å²) in [6, 6.07) is 0. The number of nitrogens with one attached hydrogen (secondary N) is 1. The molecule has 0 aromatic heterocycles. The van der Waals surface area contributed by atoms with Gasteiger partial charge in [-0.1, -0.05) is 6.92 Å². The van der Waals surface area contributed by atoms with Crippen LogP contribution in [0.5, 0.6) is 0 Å². The van der Waals surface area contributed by atoms with Crippen molar-refractivity contribution in [3.8, 4) is 0 Å². The van der Waals surface area contributed by atoms with Crippen LogP contribution in [0.25, 0.3) is 0 Å². The van der Waals surface area contributed by atoms with E-state index in [1.165, 1.54) is 0 Å². The van der Waals surface area contributed by atoms with Crippen LogP contribution in [0.4, 0.5) is 0 Å². The highest BCUT2D eigenvalue weighted by Gasteiger charge is 2.15. The van der Waals surface area contributed by atoms with Crippen LogP contribution in [-0.2, 0) is 4.79 Å². The number of rotatable bonds is 4. The van der Waals surface area contributed by atoms with Gasteiger partial charge in [0.15, 0.2) is 0 Å². The molecule has 0 aliphatic heterocycles. The maximum atomic E-state index is 11.2. The van der Waals surface area contributed by atoms with Gasteiger partial charge in [0.1, 0.15) is 0 Å². The highest BCUT2D eigenvalue weighted by molar-refractivity contribution is 5.77. The molecule has 0 rings (SSSR count). The van der Waals surface area contributed by atoms with Crippen LogP contribution in [-0.4, -0.2) is 37.0 Å². The van der Waals surface area contributed by atoms with E-state index in [9.17, 15) is 4.79 Å². The number of hydrogen-bond donors (Lipinski definition) is 1. The van der Waals surface area contributed by atoms with Gasteiger partial charge in [-0.3, -0.25) is 4.79 Å². The van der Waals surface area contributed by atoms with E-state index in [0.717, 1.165) is 6.42 Å². The van der Waals surface area contributed by atoms with Crippen molar-refractivity contribution >= 4 is 5.91 Å². The van der Waals surface area contributed by atoms with Crippen LogP contribution in [0.3, 0.4) is 0 Å². The van der Waals surface area contributed by atoms with Crippen molar-refractivity contribution < 1.29 is 4.79 Å². The lowest BCUT2D eigenvalue weighted by atomic mass is 10.0. The monoisotopic (exact) mass is 172 g/mol. The van der Waals surface area contributed by atoms with E-state index in [2.05, 4.69) is 26.1 Å². The van der Waals surface area contributed by atoms with Gasteiger partial charge in [0.05, 0.1) is 6.54 Å². The molecule has 3 nitrogen and oxygen atoms in total. The van der Waals surface area contributed by atoms with Crippen LogP contribution in [0.1, 0.15) is 27.2 Å². The number of nitrogens with zero attached hydrogens (tertiary/aromatic N) is 1. The molecule has 0 spiro atoms. The van der Waals surface area contributed by atoms with Crippen LogP contribution >= 0.6 is 0 Å². The minimum Gasteiger partial charge on any atom is -0.348 e. The summed E-state index contributed by atoms with van der Waals surface area (Å²) in [6.07, 6.45) is 1.02. The summed E-state index contributed by atoms with van der Waals surface area (Å²) in [6.45, 7) is 6.72. The van der Waals surface area contributed by atoms with Crippen molar-refractivity contribution in [1.29, 1.82) is 0 Å². The van der Waals surface area contributed by atoms with Crippen LogP contribution < -0.4 is 5.32 Å². The highest BCUT2D eigenvalue weighted by Crippen LogP contribution is 2.05. The van der Waals surface area contributed by atoms with Crippen molar-refractivity contribution in [3.63, 3.8) is 0 Å². The summed E-state index contributed by atoms with van der Waals surface area (Å²) in [5.41, 5.74) is 0.0612. The molecule has 0 radical (unpaired) electrons. The number of likely N-dealkylation sites (N-methyl/N-ethyl adjacent to an activating group) is 1. The molecule has 0 saturated carbocycles. The topological polar surface area (TPSA) is 32.3 Å². The lowest BCUT2D eigenvalue weighted by Crippen LogP contribution is -2.44. The first-order valence-corrected chi connectivity index (χ1v) is 4.34. The second-order valence-corrected chi connectivity index (χ2v) is 3.88. The quantitative estimate of drug-likeness (QED) is 0.682. The van der Waals surface area contributed by atoms with Gasteiger partial charge in [0.25, 0.3) is 0 Å². The Balaban J connectivity index is 3.76. The molecule has 1 N–H and O–H groups in total. The normalized spacial score (nSPS) is 11.4. The minimum atomic E-state index is 0.0612. The van der Waals surface area contributed by atoms with Gasteiger partial charge >= 0.3 is 0 Å². The first-order chi connectivity index (χ1) is 5.39. The SMILES string of the molecule is CCC(C)(C)NCC(=O)N(C)C. The summed E-state index contributed by atoms with van der Waals surface area (Å²) in [4.78, 5) is 12.8. The largest absolute Gasteiger partial charge is 0.348 e. The van der Waals surface area contributed by atoms with Gasteiger partial charge in [-0.2, -0.15) is 0 Å². The fourth-order valence-corrected chi connectivity index (χ4v) is 0.598. The lowest BCUT2D eigenvalue weighted by molar-refractivity contribution is -0.128. The third-order valence-corrected chi connectivity index (χ3v) is 2.10. The lowest BCUT2D eigenvalue weighted by Gasteiger charge is -2.25. The zero-order chi connectivity index (χ0) is 9.78. The summed E-state index contributed by atoms with van der Waals surface area (Å²) in [5.74, 6) is 0.122. The standard InChI is InChI=1S/C9H20N2O/c1-6-9(2,3)10-7-8(12)11(4)5/h10H,6-7H2,1-5H3. The molecule has 0 unspecified atom stereocenters. The molecular formula is C9H20N2O. The predicted octanol–water partition coefficient (Wildman–Crippen LogP) is 0.853. The van der Waals surface area contributed by atoms with Crippen molar-refractivity contribution in [2.45, 2.75) is 32.7 Å². The van der Waals surface area contributed by atoms with Crippen molar-refractivity contribution in [2.75, 3.05) is 20.6 Å². The summed E-state index contributed by atoms with van der Waals surface area (Å²) >= 11 is 0. The van der Waals surface area contributed by atoms with Crippen molar-refractivity contribution in [1.82, 2.24) is 10.2 Å². The van der Waals surface area contributed by atoms with Crippen LogP contribution in [0, 0.1) is 0 Å². The van der Waals surface area contributed by atoms with Gasteiger partial charge in [-0.25, -0.2) is 0 Å². The van der Waals surface area contributed by atoms with Gasteiger partial charge in [-0.05, 0) is 20.3 Å². The highest BCUT2D eigenvalue weighted by atomic mass is 16.2. The Morgan fingerprint density at radius 3 is 2.25 bits per heavy atom. The Kier molecular flexibility index (Phi) is 4.24. The van der Waals surface area contributed by atoms with E-state index in [1.54, 1.807) is 19.0 Å². The third kappa shape index (κ3) is 4.34. The molecule has 0 bridgehead atoms. The van der Waals surface area contributed by atoms with E-state index in [0.29, 0.717) is 6.54 Å². The second kappa shape index (κ2) is 4.45. The Bertz CT molecular complexity index is 153. The van der Waals surface area contributed by atoms with E-state index >= 15 is 0 Å². The number of carbonyl (C=O) groups excluding carboxylic acids is 1. The van der Waals surface area contributed by atoms with Crippen LogP contribution in [0.15, 0.2) is 0 Å². The molecule has 12 heavy (non-hydrogen) atoms. The van der Waals surface area contributed by atoms with E-state index < -0.39 is 0 Å². The first-order valence-electron chi connectivity index (χ1n) is 4.34. The molecule has 0 heterocycles.